The van der Waals surface area contributed by atoms with Crippen LogP contribution in [-0.4, -0.2) is 36.5 Å². The van der Waals surface area contributed by atoms with Crippen molar-refractivity contribution in [2.75, 3.05) is 19.6 Å². The lowest BCUT2D eigenvalue weighted by Gasteiger charge is -2.30. The molecule has 1 aliphatic heterocycles. The van der Waals surface area contributed by atoms with Crippen molar-refractivity contribution in [3.8, 4) is 0 Å². The van der Waals surface area contributed by atoms with E-state index in [4.69, 9.17) is 0 Å². The molecule has 1 saturated heterocycles. The van der Waals surface area contributed by atoms with Crippen molar-refractivity contribution >= 4 is 5.91 Å². The summed E-state index contributed by atoms with van der Waals surface area (Å²) in [5.74, 6) is 0.532. The normalized spacial score (nSPS) is 17.4. The predicted molar refractivity (Wildman–Crippen MR) is 103 cm³/mol. The van der Waals surface area contributed by atoms with Gasteiger partial charge in [-0.15, -0.1) is 0 Å². The lowest BCUT2D eigenvalue weighted by Crippen LogP contribution is -2.38. The van der Waals surface area contributed by atoms with Gasteiger partial charge in [0.15, 0.2) is 0 Å². The number of carbonyl (C=O) groups is 1. The first-order valence-electron chi connectivity index (χ1n) is 9.39. The number of nitrogens with one attached hydrogen (secondary N) is 1. The van der Waals surface area contributed by atoms with Gasteiger partial charge in [-0.3, -0.25) is 4.79 Å². The largest absolute Gasteiger partial charge is 0.339 e. The molecule has 0 aromatic heterocycles. The van der Waals surface area contributed by atoms with Crippen LogP contribution >= 0.6 is 0 Å². The van der Waals surface area contributed by atoms with Gasteiger partial charge in [-0.25, -0.2) is 0 Å². The van der Waals surface area contributed by atoms with Crippen molar-refractivity contribution in [3.05, 3.63) is 71.8 Å². The Kier molecular flexibility index (Phi) is 6.24. The fourth-order valence-corrected chi connectivity index (χ4v) is 3.76. The van der Waals surface area contributed by atoms with Gasteiger partial charge >= 0.3 is 0 Å². The molecule has 0 unspecified atom stereocenters. The molecule has 2 aromatic rings. The van der Waals surface area contributed by atoms with Crippen LogP contribution < -0.4 is 5.32 Å². The summed E-state index contributed by atoms with van der Waals surface area (Å²) in [6.07, 6.45) is 2.71. The van der Waals surface area contributed by atoms with E-state index in [9.17, 15) is 4.79 Å². The van der Waals surface area contributed by atoms with Gasteiger partial charge < -0.3 is 10.2 Å². The van der Waals surface area contributed by atoms with Gasteiger partial charge in [0, 0.05) is 24.9 Å². The molecule has 1 aliphatic rings. The lowest BCUT2D eigenvalue weighted by molar-refractivity contribution is -0.129. The van der Waals surface area contributed by atoms with Crippen LogP contribution in [-0.2, 0) is 4.79 Å². The first-order valence-corrected chi connectivity index (χ1v) is 9.39. The first kappa shape index (κ1) is 17.7. The van der Waals surface area contributed by atoms with Crippen LogP contribution in [0, 0.1) is 0 Å². The van der Waals surface area contributed by atoms with Crippen LogP contribution in [0.5, 0.6) is 0 Å². The average Bonchev–Trinajstić information content (AvgIpc) is 3.01. The number of nitrogens with zero attached hydrogens (tertiary/aromatic N) is 1. The van der Waals surface area contributed by atoms with Crippen molar-refractivity contribution in [2.45, 2.75) is 38.1 Å². The number of benzene rings is 2. The predicted octanol–water partition coefficient (Wildman–Crippen LogP) is 3.81. The number of hydrogen-bond acceptors (Lipinski definition) is 2. The van der Waals surface area contributed by atoms with E-state index < -0.39 is 0 Å². The summed E-state index contributed by atoms with van der Waals surface area (Å²) in [5, 5.41) is 3.39. The zero-order valence-electron chi connectivity index (χ0n) is 15.0. The Morgan fingerprint density at radius 3 is 2.20 bits per heavy atom. The topological polar surface area (TPSA) is 32.3 Å². The van der Waals surface area contributed by atoms with Gasteiger partial charge in [0.25, 0.3) is 0 Å². The molecule has 0 bridgehead atoms. The van der Waals surface area contributed by atoms with Gasteiger partial charge in [-0.2, -0.15) is 0 Å². The Morgan fingerprint density at radius 1 is 1.04 bits per heavy atom. The maximum Gasteiger partial charge on any atom is 0.222 e. The highest BCUT2D eigenvalue weighted by molar-refractivity contribution is 5.79. The second-order valence-corrected chi connectivity index (χ2v) is 6.75. The molecule has 1 atom stereocenters. The van der Waals surface area contributed by atoms with Crippen molar-refractivity contribution in [1.82, 2.24) is 10.2 Å². The summed E-state index contributed by atoms with van der Waals surface area (Å²) in [6.45, 7) is 4.85. The molecule has 0 saturated carbocycles. The summed E-state index contributed by atoms with van der Waals surface area (Å²) in [6, 6.07) is 21.5. The zero-order valence-corrected chi connectivity index (χ0v) is 15.0. The minimum atomic E-state index is 0.228. The molecule has 3 heteroatoms. The minimum absolute atomic E-state index is 0.228. The molecular weight excluding hydrogens is 308 g/mol. The number of amides is 1. The Morgan fingerprint density at radius 2 is 1.64 bits per heavy atom. The van der Waals surface area contributed by atoms with Crippen molar-refractivity contribution in [1.29, 1.82) is 0 Å². The molecule has 25 heavy (non-hydrogen) atoms. The smallest absolute Gasteiger partial charge is 0.222 e. The van der Waals surface area contributed by atoms with Crippen LogP contribution in [0.25, 0.3) is 0 Å². The quantitative estimate of drug-likeness (QED) is 0.744. The van der Waals surface area contributed by atoms with E-state index >= 15 is 0 Å². The Hall–Kier alpha value is -2.13. The SMILES string of the molecule is CCNCC[C@H]1CCC(=O)N1CC(c1ccccc1)c1ccccc1. The fraction of sp³-hybridized carbons (Fsp3) is 0.409. The third kappa shape index (κ3) is 4.49. The van der Waals surface area contributed by atoms with Crippen LogP contribution in [0.1, 0.15) is 43.2 Å². The van der Waals surface area contributed by atoms with Gasteiger partial charge in [0.1, 0.15) is 0 Å². The molecule has 1 N–H and O–H groups in total. The highest BCUT2D eigenvalue weighted by Gasteiger charge is 2.32. The standard InChI is InChI=1S/C22H28N2O/c1-2-23-16-15-20-13-14-22(25)24(20)17-21(18-9-5-3-6-10-18)19-11-7-4-8-12-19/h3-12,20-21,23H,2,13-17H2,1H3/t20-/m1/s1. The summed E-state index contributed by atoms with van der Waals surface area (Å²) in [4.78, 5) is 14.6. The number of carbonyl (C=O) groups excluding carboxylic acids is 1. The summed E-state index contributed by atoms with van der Waals surface area (Å²) in [7, 11) is 0. The molecule has 132 valence electrons. The second-order valence-electron chi connectivity index (χ2n) is 6.75. The third-order valence-electron chi connectivity index (χ3n) is 5.14. The molecule has 2 aromatic carbocycles. The molecule has 1 fully saturated rings. The molecule has 0 aliphatic carbocycles. The van der Waals surface area contributed by atoms with Crippen molar-refractivity contribution < 1.29 is 4.79 Å². The summed E-state index contributed by atoms with van der Waals surface area (Å²) >= 11 is 0. The maximum atomic E-state index is 12.5. The highest BCUT2D eigenvalue weighted by Crippen LogP contribution is 2.30. The monoisotopic (exact) mass is 336 g/mol. The lowest BCUT2D eigenvalue weighted by atomic mass is 9.90. The van der Waals surface area contributed by atoms with Gasteiger partial charge in [-0.05, 0) is 37.1 Å². The van der Waals surface area contributed by atoms with E-state index in [1.54, 1.807) is 0 Å². The van der Waals surface area contributed by atoms with Gasteiger partial charge in [0.2, 0.25) is 5.91 Å². The highest BCUT2D eigenvalue weighted by atomic mass is 16.2. The van der Waals surface area contributed by atoms with Crippen LogP contribution in [0.2, 0.25) is 0 Å². The molecule has 1 heterocycles. The van der Waals surface area contributed by atoms with E-state index in [0.717, 1.165) is 32.5 Å². The van der Waals surface area contributed by atoms with Crippen LogP contribution in [0.3, 0.4) is 0 Å². The van der Waals surface area contributed by atoms with E-state index in [2.05, 4.69) is 65.7 Å². The van der Waals surface area contributed by atoms with Crippen molar-refractivity contribution in [3.63, 3.8) is 0 Å². The fourth-order valence-electron chi connectivity index (χ4n) is 3.76. The van der Waals surface area contributed by atoms with E-state index in [-0.39, 0.29) is 5.92 Å². The van der Waals surface area contributed by atoms with Gasteiger partial charge in [0.05, 0.1) is 0 Å². The van der Waals surface area contributed by atoms with E-state index in [1.807, 2.05) is 12.1 Å². The third-order valence-corrected chi connectivity index (χ3v) is 5.14. The van der Waals surface area contributed by atoms with Crippen molar-refractivity contribution in [2.24, 2.45) is 0 Å². The molecule has 3 rings (SSSR count). The molecular formula is C22H28N2O. The molecule has 3 nitrogen and oxygen atoms in total. The maximum absolute atomic E-state index is 12.5. The van der Waals surface area contributed by atoms with E-state index in [1.165, 1.54) is 11.1 Å². The Balaban J connectivity index is 1.80. The second kappa shape index (κ2) is 8.82. The summed E-state index contributed by atoms with van der Waals surface area (Å²) < 4.78 is 0. The number of rotatable bonds is 8. The molecule has 1 amide bonds. The summed E-state index contributed by atoms with van der Waals surface area (Å²) in [5.41, 5.74) is 2.55. The minimum Gasteiger partial charge on any atom is -0.339 e. The van der Waals surface area contributed by atoms with Crippen LogP contribution in [0.4, 0.5) is 0 Å². The average molecular weight is 336 g/mol. The van der Waals surface area contributed by atoms with E-state index in [0.29, 0.717) is 18.4 Å². The number of hydrogen-bond donors (Lipinski definition) is 1. The zero-order chi connectivity index (χ0) is 17.5. The van der Waals surface area contributed by atoms with Gasteiger partial charge in [-0.1, -0.05) is 67.6 Å². The molecule has 0 spiro atoms. The first-order chi connectivity index (χ1) is 12.3. The number of likely N-dealkylation sites (tertiary alicyclic amines) is 1. The molecule has 0 radical (unpaired) electrons. The Bertz CT molecular complexity index is 617. The van der Waals surface area contributed by atoms with Crippen LogP contribution in [0.15, 0.2) is 60.7 Å². The Labute approximate surface area is 151 Å².